The van der Waals surface area contributed by atoms with Crippen molar-refractivity contribution in [1.29, 1.82) is 0 Å². The highest BCUT2D eigenvalue weighted by atomic mass is 35.5. The number of hydrogen-bond acceptors (Lipinski definition) is 3. The third-order valence-electron chi connectivity index (χ3n) is 3.81. The molecule has 1 N–H and O–H groups in total. The standard InChI is InChI=1S/C15H12ClF3N2OS/c16-12-8(2-1-3-10(12)15(17,18)19)6-20-14(22)9-4-5-11-13(9)23-7-21-11/h1-3,7,9H,4-6H2,(H,20,22). The van der Waals surface area contributed by atoms with E-state index in [9.17, 15) is 18.0 Å². The van der Waals surface area contributed by atoms with Crippen molar-refractivity contribution in [1.82, 2.24) is 10.3 Å². The smallest absolute Gasteiger partial charge is 0.351 e. The molecule has 0 spiro atoms. The zero-order chi connectivity index (χ0) is 16.6. The average molecular weight is 361 g/mol. The van der Waals surface area contributed by atoms with E-state index >= 15 is 0 Å². The molecule has 3 rings (SSSR count). The number of nitrogens with one attached hydrogen (secondary N) is 1. The fourth-order valence-corrected chi connectivity index (χ4v) is 3.93. The molecule has 1 aliphatic rings. The van der Waals surface area contributed by atoms with Crippen molar-refractivity contribution in [2.45, 2.75) is 31.5 Å². The van der Waals surface area contributed by atoms with E-state index in [1.54, 1.807) is 5.51 Å². The van der Waals surface area contributed by atoms with Crippen LogP contribution in [0.4, 0.5) is 13.2 Å². The summed E-state index contributed by atoms with van der Waals surface area (Å²) in [7, 11) is 0. The summed E-state index contributed by atoms with van der Waals surface area (Å²) in [4.78, 5) is 17.4. The molecule has 0 bridgehead atoms. The number of aryl methyl sites for hydroxylation is 1. The molecule has 0 aliphatic heterocycles. The van der Waals surface area contributed by atoms with Crippen LogP contribution >= 0.6 is 22.9 Å². The lowest BCUT2D eigenvalue weighted by molar-refractivity contribution is -0.137. The Morgan fingerprint density at radius 2 is 2.22 bits per heavy atom. The average Bonchev–Trinajstić information content (AvgIpc) is 3.07. The normalized spacial score (nSPS) is 17.1. The molecule has 8 heteroatoms. The Balaban J connectivity index is 1.71. The molecule has 23 heavy (non-hydrogen) atoms. The van der Waals surface area contributed by atoms with E-state index < -0.39 is 11.7 Å². The van der Waals surface area contributed by atoms with Crippen LogP contribution in [-0.4, -0.2) is 10.9 Å². The van der Waals surface area contributed by atoms with Crippen LogP contribution < -0.4 is 5.32 Å². The van der Waals surface area contributed by atoms with Crippen LogP contribution in [0.2, 0.25) is 5.02 Å². The number of nitrogens with zero attached hydrogens (tertiary/aromatic N) is 1. The molecule has 0 fully saturated rings. The second-order valence-electron chi connectivity index (χ2n) is 5.25. The summed E-state index contributed by atoms with van der Waals surface area (Å²) in [6.45, 7) is -0.0355. The number of hydrogen-bond donors (Lipinski definition) is 1. The van der Waals surface area contributed by atoms with Gasteiger partial charge in [-0.3, -0.25) is 4.79 Å². The van der Waals surface area contributed by atoms with Crippen LogP contribution in [0.1, 0.15) is 34.0 Å². The Morgan fingerprint density at radius 3 is 2.96 bits per heavy atom. The molecular weight excluding hydrogens is 349 g/mol. The highest BCUT2D eigenvalue weighted by Gasteiger charge is 2.34. The molecule has 0 radical (unpaired) electrons. The van der Waals surface area contributed by atoms with Gasteiger partial charge in [-0.05, 0) is 24.5 Å². The Bertz CT molecular complexity index is 745. The quantitative estimate of drug-likeness (QED) is 0.893. The van der Waals surface area contributed by atoms with Gasteiger partial charge in [0.15, 0.2) is 0 Å². The minimum Gasteiger partial charge on any atom is -0.351 e. The first-order valence-electron chi connectivity index (χ1n) is 6.92. The van der Waals surface area contributed by atoms with Gasteiger partial charge in [-0.1, -0.05) is 23.7 Å². The molecular formula is C15H12ClF3N2OS. The number of halogens is 4. The number of carbonyl (C=O) groups excluding carboxylic acids is 1. The van der Waals surface area contributed by atoms with E-state index in [1.165, 1.54) is 23.5 Å². The zero-order valence-corrected chi connectivity index (χ0v) is 13.4. The van der Waals surface area contributed by atoms with Gasteiger partial charge in [-0.2, -0.15) is 13.2 Å². The van der Waals surface area contributed by atoms with Crippen molar-refractivity contribution in [3.05, 3.63) is 50.4 Å². The van der Waals surface area contributed by atoms with Crippen molar-refractivity contribution in [2.75, 3.05) is 0 Å². The maximum absolute atomic E-state index is 12.8. The van der Waals surface area contributed by atoms with Gasteiger partial charge in [-0.25, -0.2) is 4.98 Å². The topological polar surface area (TPSA) is 42.0 Å². The summed E-state index contributed by atoms with van der Waals surface area (Å²) < 4.78 is 38.5. The first kappa shape index (κ1) is 16.3. The van der Waals surface area contributed by atoms with Crippen LogP contribution in [0.15, 0.2) is 23.7 Å². The molecule has 2 aromatic rings. The number of rotatable bonds is 3. The van der Waals surface area contributed by atoms with Crippen LogP contribution in [0, 0.1) is 0 Å². The summed E-state index contributed by atoms with van der Waals surface area (Å²) in [6.07, 6.45) is -3.08. The molecule has 1 aliphatic carbocycles. The number of benzene rings is 1. The minimum absolute atomic E-state index is 0.0355. The summed E-state index contributed by atoms with van der Waals surface area (Å²) in [5, 5.41) is 2.31. The van der Waals surface area contributed by atoms with Crippen LogP contribution in [0.25, 0.3) is 0 Å². The fourth-order valence-electron chi connectivity index (χ4n) is 2.65. The second kappa shape index (κ2) is 6.13. The molecule has 0 saturated carbocycles. The van der Waals surface area contributed by atoms with Gasteiger partial charge in [0.25, 0.3) is 0 Å². The third kappa shape index (κ3) is 3.21. The number of aromatic nitrogens is 1. The lowest BCUT2D eigenvalue weighted by Gasteiger charge is -2.14. The number of alkyl halides is 3. The van der Waals surface area contributed by atoms with Crippen LogP contribution in [-0.2, 0) is 23.9 Å². The van der Waals surface area contributed by atoms with Gasteiger partial charge in [0, 0.05) is 11.4 Å². The van der Waals surface area contributed by atoms with Crippen LogP contribution in [0.3, 0.4) is 0 Å². The monoisotopic (exact) mass is 360 g/mol. The lowest BCUT2D eigenvalue weighted by Crippen LogP contribution is -2.28. The highest BCUT2D eigenvalue weighted by Crippen LogP contribution is 2.37. The van der Waals surface area contributed by atoms with E-state index in [1.807, 2.05) is 0 Å². The van der Waals surface area contributed by atoms with Crippen molar-refractivity contribution in [3.63, 3.8) is 0 Å². The summed E-state index contributed by atoms with van der Waals surface area (Å²) >= 11 is 7.25. The second-order valence-corrected chi connectivity index (χ2v) is 6.51. The van der Waals surface area contributed by atoms with E-state index in [4.69, 9.17) is 11.6 Å². The molecule has 122 valence electrons. The molecule has 1 heterocycles. The van der Waals surface area contributed by atoms with Crippen molar-refractivity contribution >= 4 is 28.8 Å². The van der Waals surface area contributed by atoms with Crippen molar-refractivity contribution in [2.24, 2.45) is 0 Å². The zero-order valence-electron chi connectivity index (χ0n) is 11.8. The third-order valence-corrected chi connectivity index (χ3v) is 5.24. The maximum Gasteiger partial charge on any atom is 0.417 e. The van der Waals surface area contributed by atoms with E-state index in [-0.39, 0.29) is 29.0 Å². The molecule has 1 unspecified atom stereocenters. The molecule has 1 aromatic heterocycles. The van der Waals surface area contributed by atoms with Gasteiger partial charge in [0.1, 0.15) is 0 Å². The molecule has 1 aromatic carbocycles. The SMILES string of the molecule is O=C(NCc1cccc(C(F)(F)F)c1Cl)C1CCc2ncsc21. The Labute approximate surface area is 139 Å². The Hall–Kier alpha value is -1.60. The highest BCUT2D eigenvalue weighted by molar-refractivity contribution is 7.10. The summed E-state index contributed by atoms with van der Waals surface area (Å²) in [5.41, 5.74) is 1.99. The Kier molecular flexibility index (Phi) is 4.33. The van der Waals surface area contributed by atoms with E-state index in [2.05, 4.69) is 10.3 Å². The fraction of sp³-hybridized carbons (Fsp3) is 0.333. The van der Waals surface area contributed by atoms with Crippen LogP contribution in [0.5, 0.6) is 0 Å². The van der Waals surface area contributed by atoms with E-state index in [0.717, 1.165) is 23.1 Å². The van der Waals surface area contributed by atoms with Gasteiger partial charge in [-0.15, -0.1) is 11.3 Å². The molecule has 3 nitrogen and oxygen atoms in total. The predicted molar refractivity (Wildman–Crippen MR) is 81.5 cm³/mol. The predicted octanol–water partition coefficient (Wildman–Crippen LogP) is 4.16. The first-order valence-corrected chi connectivity index (χ1v) is 8.18. The van der Waals surface area contributed by atoms with Gasteiger partial charge in [0.05, 0.1) is 27.7 Å². The maximum atomic E-state index is 12.8. The van der Waals surface area contributed by atoms with Gasteiger partial charge >= 0.3 is 6.18 Å². The summed E-state index contributed by atoms with van der Waals surface area (Å²) in [6, 6.07) is 3.69. The van der Waals surface area contributed by atoms with Crippen molar-refractivity contribution in [3.8, 4) is 0 Å². The number of fused-ring (bicyclic) bond motifs is 1. The largest absolute Gasteiger partial charge is 0.417 e. The number of carbonyl (C=O) groups is 1. The molecule has 0 saturated heterocycles. The first-order chi connectivity index (χ1) is 10.9. The summed E-state index contributed by atoms with van der Waals surface area (Å²) in [5.74, 6) is -0.483. The van der Waals surface area contributed by atoms with Crippen molar-refractivity contribution < 1.29 is 18.0 Å². The molecule has 1 atom stereocenters. The Morgan fingerprint density at radius 1 is 1.43 bits per heavy atom. The number of amides is 1. The molecule has 1 amide bonds. The minimum atomic E-state index is -4.51. The van der Waals surface area contributed by atoms with Gasteiger partial charge in [0.2, 0.25) is 5.91 Å². The number of thiazole rings is 1. The van der Waals surface area contributed by atoms with E-state index in [0.29, 0.717) is 6.42 Å². The lowest BCUT2D eigenvalue weighted by atomic mass is 10.1. The van der Waals surface area contributed by atoms with Gasteiger partial charge < -0.3 is 5.32 Å².